The number of nitrogens with one attached hydrogen (secondary N) is 3. The monoisotopic (exact) mass is 505 g/mol. The van der Waals surface area contributed by atoms with E-state index >= 15 is 0 Å². The standard InChI is InChI=1S/C28H32FN5O3/c1-3-14-30-27(35)21-19-20(31-28(36)32-23-9-5-4-8-22(23)29)12-13-24(21)33-15-17-34(18-16-33)25-10-6-7-11-26(25)37-2/h4-13,19H,3,14-18H2,1-2H3,(H,30,35)(H2,31,32,36). The number of urea groups is 1. The second kappa shape index (κ2) is 12.1. The van der Waals surface area contributed by atoms with Gasteiger partial charge >= 0.3 is 6.03 Å². The van der Waals surface area contributed by atoms with Crippen LogP contribution in [-0.2, 0) is 0 Å². The fraction of sp³-hybridized carbons (Fsp3) is 0.286. The first-order chi connectivity index (χ1) is 18.0. The van der Waals surface area contributed by atoms with Crippen molar-refractivity contribution in [3.8, 4) is 5.75 Å². The number of methoxy groups -OCH3 is 1. The predicted octanol–water partition coefficient (Wildman–Crippen LogP) is 4.94. The maximum atomic E-state index is 13.9. The van der Waals surface area contributed by atoms with E-state index < -0.39 is 11.8 Å². The molecule has 1 fully saturated rings. The third-order valence-corrected chi connectivity index (χ3v) is 6.20. The molecule has 0 aliphatic carbocycles. The van der Waals surface area contributed by atoms with Crippen molar-refractivity contribution in [3.63, 3.8) is 0 Å². The lowest BCUT2D eigenvalue weighted by Gasteiger charge is -2.38. The number of anilines is 4. The molecule has 1 saturated heterocycles. The van der Waals surface area contributed by atoms with Gasteiger partial charge in [0.25, 0.3) is 5.91 Å². The zero-order valence-corrected chi connectivity index (χ0v) is 21.1. The number of benzene rings is 3. The number of piperazine rings is 1. The van der Waals surface area contributed by atoms with Gasteiger partial charge in [-0.15, -0.1) is 0 Å². The Labute approximate surface area is 216 Å². The molecule has 3 aromatic carbocycles. The van der Waals surface area contributed by atoms with Gasteiger partial charge in [0, 0.05) is 44.1 Å². The van der Waals surface area contributed by atoms with Crippen LogP contribution in [0, 0.1) is 5.82 Å². The highest BCUT2D eigenvalue weighted by Crippen LogP contribution is 2.31. The molecule has 0 saturated carbocycles. The van der Waals surface area contributed by atoms with E-state index in [0.717, 1.165) is 36.6 Å². The highest BCUT2D eigenvalue weighted by atomic mass is 19.1. The van der Waals surface area contributed by atoms with Gasteiger partial charge in [0.2, 0.25) is 0 Å². The van der Waals surface area contributed by atoms with Gasteiger partial charge in [-0.2, -0.15) is 0 Å². The van der Waals surface area contributed by atoms with E-state index in [1.807, 2.05) is 37.3 Å². The number of para-hydroxylation sites is 3. The Morgan fingerprint density at radius 2 is 1.57 bits per heavy atom. The van der Waals surface area contributed by atoms with Crippen molar-refractivity contribution in [2.45, 2.75) is 13.3 Å². The van der Waals surface area contributed by atoms with E-state index in [9.17, 15) is 14.0 Å². The first-order valence-electron chi connectivity index (χ1n) is 12.4. The third kappa shape index (κ3) is 6.30. The predicted molar refractivity (Wildman–Crippen MR) is 146 cm³/mol. The zero-order valence-electron chi connectivity index (χ0n) is 21.1. The van der Waals surface area contributed by atoms with Crippen LogP contribution in [0.2, 0.25) is 0 Å². The normalized spacial score (nSPS) is 13.2. The Kier molecular flexibility index (Phi) is 8.45. The summed E-state index contributed by atoms with van der Waals surface area (Å²) in [6, 6.07) is 18.5. The van der Waals surface area contributed by atoms with Crippen molar-refractivity contribution < 1.29 is 18.7 Å². The van der Waals surface area contributed by atoms with E-state index in [2.05, 4.69) is 25.8 Å². The van der Waals surface area contributed by atoms with Gasteiger partial charge in [-0.25, -0.2) is 9.18 Å². The van der Waals surface area contributed by atoms with Gasteiger partial charge in [0.15, 0.2) is 0 Å². The van der Waals surface area contributed by atoms with E-state index in [4.69, 9.17) is 4.74 Å². The first kappa shape index (κ1) is 25.8. The topological polar surface area (TPSA) is 85.9 Å². The van der Waals surface area contributed by atoms with Crippen LogP contribution in [0.15, 0.2) is 66.7 Å². The van der Waals surface area contributed by atoms with Gasteiger partial charge < -0.3 is 30.5 Å². The zero-order chi connectivity index (χ0) is 26.2. The average Bonchev–Trinajstić information content (AvgIpc) is 2.93. The summed E-state index contributed by atoms with van der Waals surface area (Å²) in [6.07, 6.45) is 0.807. The molecule has 1 aliphatic heterocycles. The van der Waals surface area contributed by atoms with Crippen LogP contribution in [0.5, 0.6) is 5.75 Å². The van der Waals surface area contributed by atoms with Crippen molar-refractivity contribution in [1.29, 1.82) is 0 Å². The molecule has 3 N–H and O–H groups in total. The first-order valence-corrected chi connectivity index (χ1v) is 12.4. The van der Waals surface area contributed by atoms with Gasteiger partial charge in [0.1, 0.15) is 11.6 Å². The van der Waals surface area contributed by atoms with E-state index in [-0.39, 0.29) is 11.6 Å². The SMILES string of the molecule is CCCNC(=O)c1cc(NC(=O)Nc2ccccc2F)ccc1N1CCN(c2ccccc2OC)CC1. The van der Waals surface area contributed by atoms with E-state index in [0.29, 0.717) is 30.9 Å². The highest BCUT2D eigenvalue weighted by molar-refractivity contribution is 6.04. The van der Waals surface area contributed by atoms with Crippen LogP contribution in [-0.4, -0.2) is 51.8 Å². The third-order valence-electron chi connectivity index (χ3n) is 6.20. The summed E-state index contributed by atoms with van der Waals surface area (Å²) in [7, 11) is 1.67. The summed E-state index contributed by atoms with van der Waals surface area (Å²) in [5.74, 6) is 0.0988. The van der Waals surface area contributed by atoms with Crippen molar-refractivity contribution >= 4 is 34.7 Å². The molecule has 1 aliphatic rings. The van der Waals surface area contributed by atoms with Crippen molar-refractivity contribution in [3.05, 3.63) is 78.1 Å². The van der Waals surface area contributed by atoms with Crippen LogP contribution in [0.1, 0.15) is 23.7 Å². The molecular weight excluding hydrogens is 473 g/mol. The molecule has 1 heterocycles. The van der Waals surface area contributed by atoms with Gasteiger partial charge in [-0.05, 0) is 48.9 Å². The van der Waals surface area contributed by atoms with Crippen LogP contribution in [0.3, 0.4) is 0 Å². The van der Waals surface area contributed by atoms with E-state index in [1.165, 1.54) is 12.1 Å². The van der Waals surface area contributed by atoms with Crippen LogP contribution in [0.25, 0.3) is 0 Å². The average molecular weight is 506 g/mol. The molecule has 37 heavy (non-hydrogen) atoms. The Balaban J connectivity index is 1.50. The second-order valence-electron chi connectivity index (χ2n) is 8.69. The lowest BCUT2D eigenvalue weighted by molar-refractivity contribution is 0.0954. The fourth-order valence-electron chi connectivity index (χ4n) is 4.33. The molecule has 0 atom stereocenters. The number of hydrogen-bond acceptors (Lipinski definition) is 5. The second-order valence-corrected chi connectivity index (χ2v) is 8.69. The number of nitrogens with zero attached hydrogens (tertiary/aromatic N) is 2. The maximum absolute atomic E-state index is 13.9. The number of amides is 3. The number of rotatable bonds is 8. The summed E-state index contributed by atoms with van der Waals surface area (Å²) in [4.78, 5) is 30.0. The summed E-state index contributed by atoms with van der Waals surface area (Å²) < 4.78 is 19.4. The fourth-order valence-corrected chi connectivity index (χ4v) is 4.33. The number of ether oxygens (including phenoxy) is 1. The summed E-state index contributed by atoms with van der Waals surface area (Å²) in [5, 5.41) is 8.14. The molecule has 194 valence electrons. The number of hydrogen-bond donors (Lipinski definition) is 3. The maximum Gasteiger partial charge on any atom is 0.323 e. The molecule has 0 bridgehead atoms. The molecule has 8 nitrogen and oxygen atoms in total. The van der Waals surface area contributed by atoms with Gasteiger partial charge in [0.05, 0.1) is 24.0 Å². The Morgan fingerprint density at radius 1 is 0.892 bits per heavy atom. The van der Waals surface area contributed by atoms with Crippen LogP contribution in [0.4, 0.5) is 31.9 Å². The number of carbonyl (C=O) groups is 2. The molecule has 0 radical (unpaired) electrons. The van der Waals surface area contributed by atoms with Gasteiger partial charge in [-0.3, -0.25) is 4.79 Å². The Morgan fingerprint density at radius 3 is 2.27 bits per heavy atom. The van der Waals surface area contributed by atoms with E-state index in [1.54, 1.807) is 31.4 Å². The Bertz CT molecular complexity index is 1240. The lowest BCUT2D eigenvalue weighted by Crippen LogP contribution is -2.47. The summed E-state index contributed by atoms with van der Waals surface area (Å²) in [5.41, 5.74) is 2.83. The van der Waals surface area contributed by atoms with Crippen molar-refractivity contribution in [1.82, 2.24) is 5.32 Å². The smallest absolute Gasteiger partial charge is 0.323 e. The van der Waals surface area contributed by atoms with Crippen LogP contribution < -0.4 is 30.5 Å². The molecular formula is C28H32FN5O3. The van der Waals surface area contributed by atoms with Gasteiger partial charge in [-0.1, -0.05) is 31.2 Å². The van der Waals surface area contributed by atoms with Crippen molar-refractivity contribution in [2.75, 3.05) is 60.3 Å². The molecule has 0 unspecified atom stereocenters. The molecule has 3 amide bonds. The molecule has 0 spiro atoms. The number of halogens is 1. The summed E-state index contributed by atoms with van der Waals surface area (Å²) >= 11 is 0. The minimum atomic E-state index is -0.594. The minimum Gasteiger partial charge on any atom is -0.495 e. The quantitative estimate of drug-likeness (QED) is 0.404. The molecule has 3 aromatic rings. The number of carbonyl (C=O) groups excluding carboxylic acids is 2. The summed E-state index contributed by atoms with van der Waals surface area (Å²) in [6.45, 7) is 5.50. The molecule has 9 heteroatoms. The Hall–Kier alpha value is -4.27. The largest absolute Gasteiger partial charge is 0.495 e. The van der Waals surface area contributed by atoms with Crippen LogP contribution >= 0.6 is 0 Å². The molecule has 4 rings (SSSR count). The van der Waals surface area contributed by atoms with Crippen molar-refractivity contribution in [2.24, 2.45) is 0 Å². The molecule has 0 aromatic heterocycles. The minimum absolute atomic E-state index is 0.0745. The highest BCUT2D eigenvalue weighted by Gasteiger charge is 2.24. The lowest BCUT2D eigenvalue weighted by atomic mass is 10.1.